The van der Waals surface area contributed by atoms with Crippen LogP contribution in [0.3, 0.4) is 0 Å². The molecule has 4 rings (SSSR count). The average Bonchev–Trinajstić information content (AvgIpc) is 3.63. The predicted molar refractivity (Wildman–Crippen MR) is 152 cm³/mol. The van der Waals surface area contributed by atoms with Crippen LogP contribution in [0.15, 0.2) is 17.0 Å². The maximum atomic E-state index is 13.1. The highest BCUT2D eigenvalue weighted by Crippen LogP contribution is 2.30. The number of hydrogen-bond acceptors (Lipinski definition) is 6. The summed E-state index contributed by atoms with van der Waals surface area (Å²) in [5.74, 6) is 0.803. The lowest BCUT2D eigenvalue weighted by molar-refractivity contribution is -0.136. The highest BCUT2D eigenvalue weighted by Gasteiger charge is 2.35. The standard InChI is InChI=1S/C29H48N4O4S/c1-22-18-27(36-5)19-23(2)29(22)38(35)30(3)16-17-37-21-28(34)31(4)25-10-11-26(20-25)33-14-12-32(13-15-33)24-8-6-7-9-24/h18-19,24-26H,6-17,20-21H2,1-5H3/t25-,26+,38?/m1/s1. The minimum Gasteiger partial charge on any atom is -0.497 e. The number of carbonyl (C=O) groups is 1. The van der Waals surface area contributed by atoms with Crippen LogP contribution in [0.25, 0.3) is 0 Å². The van der Waals surface area contributed by atoms with Gasteiger partial charge in [0, 0.05) is 64.9 Å². The fraction of sp³-hybridized carbons (Fsp3) is 0.759. The Kier molecular flexibility index (Phi) is 10.6. The maximum absolute atomic E-state index is 13.1. The fourth-order valence-electron chi connectivity index (χ4n) is 6.56. The summed E-state index contributed by atoms with van der Waals surface area (Å²) in [5.41, 5.74) is 1.88. The van der Waals surface area contributed by atoms with Crippen LogP contribution in [0.1, 0.15) is 56.1 Å². The van der Waals surface area contributed by atoms with Gasteiger partial charge >= 0.3 is 0 Å². The van der Waals surface area contributed by atoms with E-state index in [0.29, 0.717) is 25.2 Å². The van der Waals surface area contributed by atoms with Crippen molar-refractivity contribution in [2.75, 3.05) is 67.1 Å². The van der Waals surface area contributed by atoms with Crippen LogP contribution >= 0.6 is 0 Å². The molecule has 2 saturated carbocycles. The van der Waals surface area contributed by atoms with Gasteiger partial charge in [-0.1, -0.05) is 12.8 Å². The van der Waals surface area contributed by atoms with Crippen LogP contribution < -0.4 is 4.74 Å². The quantitative estimate of drug-likeness (QED) is 0.396. The number of piperazine rings is 1. The van der Waals surface area contributed by atoms with E-state index in [2.05, 4.69) is 9.80 Å². The van der Waals surface area contributed by atoms with E-state index in [4.69, 9.17) is 9.47 Å². The van der Waals surface area contributed by atoms with Gasteiger partial charge in [0.2, 0.25) is 5.91 Å². The Morgan fingerprint density at radius 1 is 0.974 bits per heavy atom. The number of aryl methyl sites for hydroxylation is 2. The lowest BCUT2D eigenvalue weighted by Crippen LogP contribution is -2.52. The van der Waals surface area contributed by atoms with Crippen LogP contribution in [0.2, 0.25) is 0 Å². The summed E-state index contributed by atoms with van der Waals surface area (Å²) in [6.07, 6.45) is 8.88. The van der Waals surface area contributed by atoms with Crippen molar-refractivity contribution in [2.45, 2.75) is 81.8 Å². The largest absolute Gasteiger partial charge is 0.497 e. The summed E-state index contributed by atoms with van der Waals surface area (Å²) >= 11 is 0. The molecule has 9 heteroatoms. The first-order valence-corrected chi connectivity index (χ1v) is 15.5. The van der Waals surface area contributed by atoms with Crippen LogP contribution in [0, 0.1) is 13.8 Å². The zero-order valence-electron chi connectivity index (χ0n) is 24.1. The van der Waals surface area contributed by atoms with Crippen LogP contribution in [0.4, 0.5) is 0 Å². The minimum atomic E-state index is -1.30. The normalized spacial score (nSPS) is 24.3. The second kappa shape index (κ2) is 13.7. The number of methoxy groups -OCH3 is 1. The van der Waals surface area contributed by atoms with E-state index >= 15 is 0 Å². The Balaban J connectivity index is 1.15. The fourth-order valence-corrected chi connectivity index (χ4v) is 7.78. The molecule has 1 aromatic carbocycles. The third kappa shape index (κ3) is 7.16. The molecule has 1 aliphatic heterocycles. The highest BCUT2D eigenvalue weighted by molar-refractivity contribution is 7.82. The second-order valence-electron chi connectivity index (χ2n) is 11.4. The minimum absolute atomic E-state index is 0.0346. The van der Waals surface area contributed by atoms with Gasteiger partial charge in [0.25, 0.3) is 0 Å². The number of likely N-dealkylation sites (N-methyl/N-ethyl adjacent to an activating group) is 2. The maximum Gasteiger partial charge on any atom is 0.248 e. The molecule has 1 saturated heterocycles. The molecule has 3 fully saturated rings. The Bertz CT molecular complexity index is 939. The van der Waals surface area contributed by atoms with Crippen molar-refractivity contribution in [3.63, 3.8) is 0 Å². The Morgan fingerprint density at radius 2 is 1.58 bits per heavy atom. The van der Waals surface area contributed by atoms with Gasteiger partial charge < -0.3 is 14.4 Å². The van der Waals surface area contributed by atoms with Crippen molar-refractivity contribution >= 4 is 16.9 Å². The topological polar surface area (TPSA) is 65.6 Å². The molecule has 0 radical (unpaired) electrons. The third-order valence-corrected chi connectivity index (χ3v) is 10.7. The number of nitrogens with zero attached hydrogens (tertiary/aromatic N) is 4. The first-order valence-electron chi connectivity index (χ1n) is 14.4. The molecule has 1 heterocycles. The number of hydrogen-bond donors (Lipinski definition) is 0. The van der Waals surface area contributed by atoms with E-state index < -0.39 is 11.0 Å². The Labute approximate surface area is 232 Å². The molecule has 1 amide bonds. The van der Waals surface area contributed by atoms with Crippen LogP contribution in [-0.4, -0.2) is 114 Å². The molecule has 1 aromatic rings. The van der Waals surface area contributed by atoms with Crippen molar-refractivity contribution in [3.05, 3.63) is 23.3 Å². The average molecular weight is 549 g/mol. The van der Waals surface area contributed by atoms with Crippen molar-refractivity contribution in [2.24, 2.45) is 0 Å². The smallest absolute Gasteiger partial charge is 0.248 e. The summed E-state index contributed by atoms with van der Waals surface area (Å²) in [7, 11) is 4.08. The Morgan fingerprint density at radius 3 is 2.18 bits per heavy atom. The lowest BCUT2D eigenvalue weighted by atomic mass is 10.1. The van der Waals surface area contributed by atoms with Crippen LogP contribution in [0.5, 0.6) is 5.75 Å². The summed E-state index contributed by atoms with van der Waals surface area (Å²) in [5, 5.41) is 0. The van der Waals surface area contributed by atoms with Crippen molar-refractivity contribution in [1.82, 2.24) is 19.0 Å². The van der Waals surface area contributed by atoms with E-state index in [9.17, 15) is 9.00 Å². The van der Waals surface area contributed by atoms with Gasteiger partial charge in [-0.15, -0.1) is 0 Å². The number of ether oxygens (including phenoxy) is 2. The monoisotopic (exact) mass is 548 g/mol. The molecule has 1 unspecified atom stereocenters. The number of amides is 1. The van der Waals surface area contributed by atoms with Gasteiger partial charge in [0.1, 0.15) is 23.3 Å². The zero-order valence-corrected chi connectivity index (χ0v) is 24.9. The summed E-state index contributed by atoms with van der Waals surface area (Å²) < 4.78 is 25.9. The first-order chi connectivity index (χ1) is 18.3. The summed E-state index contributed by atoms with van der Waals surface area (Å²) in [4.78, 5) is 20.9. The van der Waals surface area contributed by atoms with E-state index in [1.807, 2.05) is 45.0 Å². The number of rotatable bonds is 11. The molecule has 0 bridgehead atoms. The first kappa shape index (κ1) is 29.5. The van der Waals surface area contributed by atoms with Gasteiger partial charge in [-0.3, -0.25) is 14.6 Å². The van der Waals surface area contributed by atoms with Gasteiger partial charge in [-0.05, 0) is 69.2 Å². The van der Waals surface area contributed by atoms with Gasteiger partial charge in [-0.25, -0.2) is 8.51 Å². The van der Waals surface area contributed by atoms with Crippen molar-refractivity contribution in [3.8, 4) is 5.75 Å². The van der Waals surface area contributed by atoms with E-state index in [0.717, 1.165) is 40.7 Å². The van der Waals surface area contributed by atoms with E-state index in [1.54, 1.807) is 11.4 Å². The number of carbonyl (C=O) groups excluding carboxylic acids is 1. The number of benzene rings is 1. The summed E-state index contributed by atoms with van der Waals surface area (Å²) in [6, 6.07) is 5.52. The molecule has 2 aliphatic carbocycles. The molecule has 214 valence electrons. The molecule has 0 spiro atoms. The van der Waals surface area contributed by atoms with Crippen LogP contribution in [-0.2, 0) is 20.5 Å². The van der Waals surface area contributed by atoms with Gasteiger partial charge in [-0.2, -0.15) is 0 Å². The molecule has 8 nitrogen and oxygen atoms in total. The molecule has 3 atom stereocenters. The summed E-state index contributed by atoms with van der Waals surface area (Å²) in [6.45, 7) is 9.53. The molecular formula is C29H48N4O4S. The highest BCUT2D eigenvalue weighted by atomic mass is 32.2. The molecule has 3 aliphatic rings. The SMILES string of the molecule is COc1cc(C)c(S(=O)N(C)CCOCC(=O)N(C)[C@@H]2CC[C@H](N3CCN(C4CCCC4)CC3)C2)c(C)c1. The van der Waals surface area contributed by atoms with E-state index in [1.165, 1.54) is 58.3 Å². The van der Waals surface area contributed by atoms with E-state index in [-0.39, 0.29) is 12.5 Å². The second-order valence-corrected chi connectivity index (χ2v) is 12.9. The third-order valence-electron chi connectivity index (χ3n) is 8.93. The lowest BCUT2D eigenvalue weighted by Gasteiger charge is -2.40. The molecule has 38 heavy (non-hydrogen) atoms. The molecule has 0 aromatic heterocycles. The van der Waals surface area contributed by atoms with Gasteiger partial charge in [0.15, 0.2) is 0 Å². The zero-order chi connectivity index (χ0) is 27.2. The molecule has 0 N–H and O–H groups in total. The molecular weight excluding hydrogens is 500 g/mol. The van der Waals surface area contributed by atoms with Crippen molar-refractivity contribution in [1.29, 1.82) is 0 Å². The van der Waals surface area contributed by atoms with Crippen molar-refractivity contribution < 1.29 is 18.5 Å². The predicted octanol–water partition coefficient (Wildman–Crippen LogP) is 3.22. The Hall–Kier alpha value is -1.52. The van der Waals surface area contributed by atoms with Gasteiger partial charge in [0.05, 0.1) is 18.6 Å².